The number of hydrogen-bond donors (Lipinski definition) is 2. The summed E-state index contributed by atoms with van der Waals surface area (Å²) in [5.41, 5.74) is 1.34. The van der Waals surface area contributed by atoms with Crippen LogP contribution in [0.3, 0.4) is 0 Å². The summed E-state index contributed by atoms with van der Waals surface area (Å²) in [6.45, 7) is 2.45. The summed E-state index contributed by atoms with van der Waals surface area (Å²) in [5, 5.41) is 15.8. The number of fused-ring (bicyclic) bond motifs is 1. The van der Waals surface area contributed by atoms with E-state index in [0.29, 0.717) is 6.54 Å². The molecular formula is C24H37IN6O2. The first-order valence-electron chi connectivity index (χ1n) is 11.8. The van der Waals surface area contributed by atoms with E-state index >= 15 is 0 Å². The maximum atomic E-state index is 5.59. The molecule has 8 nitrogen and oxygen atoms in total. The van der Waals surface area contributed by atoms with Crippen molar-refractivity contribution in [1.29, 1.82) is 0 Å². The zero-order valence-corrected chi connectivity index (χ0v) is 22.4. The monoisotopic (exact) mass is 568 g/mol. The molecule has 182 valence electrons. The van der Waals surface area contributed by atoms with E-state index in [-0.39, 0.29) is 29.4 Å². The minimum absolute atomic E-state index is 0. The number of rotatable bonds is 7. The molecule has 2 heterocycles. The molecule has 2 aliphatic rings. The first-order valence-corrected chi connectivity index (χ1v) is 11.8. The predicted octanol–water partition coefficient (Wildman–Crippen LogP) is 3.82. The second-order valence-corrected chi connectivity index (χ2v) is 8.83. The number of guanidine groups is 1. The van der Waals surface area contributed by atoms with Gasteiger partial charge in [0, 0.05) is 32.0 Å². The fraction of sp³-hybridized carbons (Fsp3) is 0.625. The quantitative estimate of drug-likeness (QED) is 0.300. The fourth-order valence-corrected chi connectivity index (χ4v) is 5.10. The number of ether oxygens (including phenoxy) is 2. The van der Waals surface area contributed by atoms with Gasteiger partial charge in [0.1, 0.15) is 5.82 Å². The van der Waals surface area contributed by atoms with E-state index in [1.165, 1.54) is 37.7 Å². The summed E-state index contributed by atoms with van der Waals surface area (Å²) in [4.78, 5) is 4.46. The highest BCUT2D eigenvalue weighted by molar-refractivity contribution is 14.0. The minimum Gasteiger partial charge on any atom is -0.493 e. The first kappa shape index (κ1) is 25.6. The molecule has 1 aliphatic heterocycles. The summed E-state index contributed by atoms with van der Waals surface area (Å²) in [6, 6.07) is 6.35. The molecule has 2 N–H and O–H groups in total. The molecule has 0 unspecified atom stereocenters. The van der Waals surface area contributed by atoms with Crippen LogP contribution in [0.4, 0.5) is 0 Å². The van der Waals surface area contributed by atoms with Gasteiger partial charge in [-0.1, -0.05) is 25.3 Å². The lowest BCUT2D eigenvalue weighted by molar-refractivity contribution is 0.288. The van der Waals surface area contributed by atoms with Gasteiger partial charge >= 0.3 is 0 Å². The smallest absolute Gasteiger partial charge is 0.191 e. The molecule has 9 heteroatoms. The normalized spacial score (nSPS) is 17.5. The number of aryl methyl sites for hydroxylation is 1. The highest BCUT2D eigenvalue weighted by Crippen LogP contribution is 2.42. The van der Waals surface area contributed by atoms with Gasteiger partial charge < -0.3 is 24.7 Å². The second kappa shape index (κ2) is 11.9. The van der Waals surface area contributed by atoms with Crippen molar-refractivity contribution in [3.05, 3.63) is 35.4 Å². The van der Waals surface area contributed by atoms with E-state index in [2.05, 4.69) is 42.5 Å². The molecule has 0 amide bonds. The third-order valence-electron chi connectivity index (χ3n) is 6.97. The fourth-order valence-electron chi connectivity index (χ4n) is 5.10. The number of nitrogens with one attached hydrogen (secondary N) is 2. The zero-order chi connectivity index (χ0) is 22.4. The van der Waals surface area contributed by atoms with Crippen molar-refractivity contribution in [3.8, 4) is 11.5 Å². The van der Waals surface area contributed by atoms with Gasteiger partial charge in [0.05, 0.1) is 20.8 Å². The molecule has 1 saturated carbocycles. The largest absolute Gasteiger partial charge is 0.493 e. The number of aliphatic imine (C=N–C) groups is 1. The number of benzene rings is 1. The zero-order valence-electron chi connectivity index (χ0n) is 20.0. The van der Waals surface area contributed by atoms with Crippen LogP contribution in [-0.4, -0.2) is 48.5 Å². The Morgan fingerprint density at radius 2 is 1.82 bits per heavy atom. The van der Waals surface area contributed by atoms with Crippen molar-refractivity contribution in [1.82, 2.24) is 25.4 Å². The van der Waals surface area contributed by atoms with Crippen LogP contribution in [0.5, 0.6) is 11.5 Å². The summed E-state index contributed by atoms with van der Waals surface area (Å²) in [7, 11) is 5.19. The van der Waals surface area contributed by atoms with Crippen LogP contribution in [-0.2, 0) is 24.9 Å². The Kier molecular flexibility index (Phi) is 9.22. The van der Waals surface area contributed by atoms with Crippen LogP contribution in [0.1, 0.15) is 62.2 Å². The molecule has 0 radical (unpaired) electrons. The topological polar surface area (TPSA) is 85.6 Å². The standard InChI is InChI=1S/C24H36N6O2.HI/c1-25-23(26-16-22-29-28-21-9-5-8-14-30(21)22)27-17-24(12-6-4-7-13-24)18-10-11-19(31-2)20(15-18)32-3;/h10-11,15H,4-9,12-14,16-17H2,1-3H3,(H2,25,26,27);1H. The van der Waals surface area contributed by atoms with Crippen molar-refractivity contribution >= 4 is 29.9 Å². The Morgan fingerprint density at radius 1 is 1.03 bits per heavy atom. The summed E-state index contributed by atoms with van der Waals surface area (Å²) in [5.74, 6) is 4.43. The number of hydrogen-bond acceptors (Lipinski definition) is 5. The Hall–Kier alpha value is -2.04. The highest BCUT2D eigenvalue weighted by Gasteiger charge is 2.35. The van der Waals surface area contributed by atoms with Crippen molar-refractivity contribution < 1.29 is 9.47 Å². The van der Waals surface area contributed by atoms with Gasteiger partial charge in [0.2, 0.25) is 0 Å². The summed E-state index contributed by atoms with van der Waals surface area (Å²) in [6.07, 6.45) is 9.45. The molecule has 0 spiro atoms. The van der Waals surface area contributed by atoms with E-state index in [9.17, 15) is 0 Å². The third-order valence-corrected chi connectivity index (χ3v) is 6.97. The van der Waals surface area contributed by atoms with E-state index in [1.807, 2.05) is 13.1 Å². The van der Waals surface area contributed by atoms with Crippen molar-refractivity contribution in [3.63, 3.8) is 0 Å². The van der Waals surface area contributed by atoms with Gasteiger partial charge in [-0.15, -0.1) is 34.2 Å². The highest BCUT2D eigenvalue weighted by atomic mass is 127. The van der Waals surface area contributed by atoms with Crippen LogP contribution in [0, 0.1) is 0 Å². The Morgan fingerprint density at radius 3 is 2.55 bits per heavy atom. The number of methoxy groups -OCH3 is 2. The molecule has 33 heavy (non-hydrogen) atoms. The van der Waals surface area contributed by atoms with E-state index < -0.39 is 0 Å². The average Bonchev–Trinajstić information content (AvgIpc) is 3.27. The van der Waals surface area contributed by atoms with Gasteiger partial charge in [-0.2, -0.15) is 0 Å². The van der Waals surface area contributed by atoms with Gasteiger partial charge in [-0.3, -0.25) is 4.99 Å². The van der Waals surface area contributed by atoms with Gasteiger partial charge in [0.25, 0.3) is 0 Å². The van der Waals surface area contributed by atoms with Crippen molar-refractivity contribution in [2.45, 2.75) is 69.9 Å². The molecular weight excluding hydrogens is 531 g/mol. The molecule has 2 aromatic rings. The molecule has 0 atom stereocenters. The summed E-state index contributed by atoms with van der Waals surface area (Å²) < 4.78 is 13.3. The lowest BCUT2D eigenvalue weighted by Gasteiger charge is -2.38. The minimum atomic E-state index is 0. The van der Waals surface area contributed by atoms with Crippen LogP contribution >= 0.6 is 24.0 Å². The van der Waals surface area contributed by atoms with Crippen LogP contribution in [0.25, 0.3) is 0 Å². The van der Waals surface area contributed by atoms with Crippen LogP contribution < -0.4 is 20.1 Å². The Balaban J connectivity index is 0.00000306. The Bertz CT molecular complexity index is 939. The molecule has 1 aromatic carbocycles. The van der Waals surface area contributed by atoms with Gasteiger partial charge in [-0.25, -0.2) is 0 Å². The van der Waals surface area contributed by atoms with E-state index in [4.69, 9.17) is 9.47 Å². The third kappa shape index (κ3) is 5.73. The number of nitrogens with zero attached hydrogens (tertiary/aromatic N) is 4. The van der Waals surface area contributed by atoms with E-state index in [1.54, 1.807) is 14.2 Å². The van der Waals surface area contributed by atoms with Crippen molar-refractivity contribution in [2.24, 2.45) is 4.99 Å². The lowest BCUT2D eigenvalue weighted by atomic mass is 9.69. The molecule has 0 saturated heterocycles. The molecule has 1 aromatic heterocycles. The maximum Gasteiger partial charge on any atom is 0.191 e. The molecule has 1 fully saturated rings. The number of halogens is 1. The van der Waals surface area contributed by atoms with Crippen LogP contribution in [0.2, 0.25) is 0 Å². The molecule has 0 bridgehead atoms. The van der Waals surface area contributed by atoms with Crippen molar-refractivity contribution in [2.75, 3.05) is 27.8 Å². The SMILES string of the molecule is CN=C(NCc1nnc2n1CCCC2)NCC1(c2ccc(OC)c(OC)c2)CCCCC1.I. The molecule has 1 aliphatic carbocycles. The first-order chi connectivity index (χ1) is 15.7. The lowest BCUT2D eigenvalue weighted by Crippen LogP contribution is -2.46. The maximum absolute atomic E-state index is 5.59. The molecule has 4 rings (SSSR count). The average molecular weight is 569 g/mol. The Labute approximate surface area is 214 Å². The van der Waals surface area contributed by atoms with E-state index in [0.717, 1.165) is 61.5 Å². The number of aromatic nitrogens is 3. The van der Waals surface area contributed by atoms with Gasteiger partial charge in [-0.05, 0) is 43.4 Å². The summed E-state index contributed by atoms with van der Waals surface area (Å²) >= 11 is 0. The second-order valence-electron chi connectivity index (χ2n) is 8.83. The van der Waals surface area contributed by atoms with Crippen LogP contribution in [0.15, 0.2) is 23.2 Å². The van der Waals surface area contributed by atoms with Gasteiger partial charge in [0.15, 0.2) is 23.3 Å². The predicted molar refractivity (Wildman–Crippen MR) is 141 cm³/mol.